The largest absolute Gasteiger partial charge is 0.480 e. The normalized spacial score (nSPS) is 16.6. The Morgan fingerprint density at radius 3 is 2.44 bits per heavy atom. The summed E-state index contributed by atoms with van der Waals surface area (Å²) >= 11 is 0. The number of ether oxygens (including phenoxy) is 1. The Balaban J connectivity index is 4.02. The molecule has 0 saturated heterocycles. The van der Waals surface area contributed by atoms with Crippen LogP contribution in [0.2, 0.25) is 0 Å². The maximum Gasteiger partial charge on any atom is 0.323 e. The smallest absolute Gasteiger partial charge is 0.323 e. The summed E-state index contributed by atoms with van der Waals surface area (Å²) in [6.07, 6.45) is 3.78. The monoisotopic (exact) mass is 259 g/mol. The first-order chi connectivity index (χ1) is 8.31. The van der Waals surface area contributed by atoms with E-state index in [1.54, 1.807) is 6.92 Å². The maximum absolute atomic E-state index is 11.3. The standard InChI is InChI=1S/C14H29NO3/c1-6-8-12(4)18-10-7-9-14(5,13(16)17)15-11(2)3/h11-12,15H,6-10H2,1-5H3,(H,16,17). The molecule has 0 aliphatic carbocycles. The third kappa shape index (κ3) is 6.97. The Morgan fingerprint density at radius 2 is 2.00 bits per heavy atom. The van der Waals surface area contributed by atoms with Gasteiger partial charge in [-0.15, -0.1) is 0 Å². The van der Waals surface area contributed by atoms with Crippen molar-refractivity contribution < 1.29 is 14.6 Å². The predicted molar refractivity (Wildman–Crippen MR) is 73.9 cm³/mol. The summed E-state index contributed by atoms with van der Waals surface area (Å²) in [6, 6.07) is 0.158. The molecular weight excluding hydrogens is 230 g/mol. The van der Waals surface area contributed by atoms with E-state index in [4.69, 9.17) is 4.74 Å². The molecule has 108 valence electrons. The minimum atomic E-state index is -0.856. The van der Waals surface area contributed by atoms with Gasteiger partial charge in [-0.3, -0.25) is 10.1 Å². The lowest BCUT2D eigenvalue weighted by Gasteiger charge is -2.28. The van der Waals surface area contributed by atoms with Crippen LogP contribution in [0.3, 0.4) is 0 Å². The van der Waals surface area contributed by atoms with Gasteiger partial charge < -0.3 is 9.84 Å². The number of aliphatic carboxylic acids is 1. The summed E-state index contributed by atoms with van der Waals surface area (Å²) in [5.74, 6) is -0.794. The van der Waals surface area contributed by atoms with Crippen LogP contribution in [0.4, 0.5) is 0 Å². The van der Waals surface area contributed by atoms with E-state index in [0.717, 1.165) is 19.3 Å². The van der Waals surface area contributed by atoms with E-state index >= 15 is 0 Å². The number of rotatable bonds is 10. The van der Waals surface area contributed by atoms with Gasteiger partial charge in [0, 0.05) is 12.6 Å². The second-order valence-electron chi connectivity index (χ2n) is 5.51. The van der Waals surface area contributed by atoms with Crippen LogP contribution in [-0.2, 0) is 9.53 Å². The fourth-order valence-corrected chi connectivity index (χ4v) is 2.08. The summed E-state index contributed by atoms with van der Waals surface area (Å²) in [7, 11) is 0. The maximum atomic E-state index is 11.3. The summed E-state index contributed by atoms with van der Waals surface area (Å²) in [6.45, 7) is 10.5. The molecule has 0 spiro atoms. The van der Waals surface area contributed by atoms with Gasteiger partial charge in [0.05, 0.1) is 6.10 Å². The number of carbonyl (C=O) groups is 1. The van der Waals surface area contributed by atoms with Gasteiger partial charge in [-0.2, -0.15) is 0 Å². The molecule has 0 aromatic heterocycles. The van der Waals surface area contributed by atoms with Gasteiger partial charge in [0.2, 0.25) is 0 Å². The van der Waals surface area contributed by atoms with Crippen LogP contribution in [-0.4, -0.2) is 35.4 Å². The van der Waals surface area contributed by atoms with Crippen molar-refractivity contribution in [3.05, 3.63) is 0 Å². The van der Waals surface area contributed by atoms with E-state index in [1.807, 2.05) is 13.8 Å². The van der Waals surface area contributed by atoms with Crippen molar-refractivity contribution in [2.24, 2.45) is 0 Å². The molecule has 0 aliphatic heterocycles. The van der Waals surface area contributed by atoms with E-state index < -0.39 is 11.5 Å². The molecule has 18 heavy (non-hydrogen) atoms. The van der Waals surface area contributed by atoms with Gasteiger partial charge in [-0.1, -0.05) is 13.3 Å². The lowest BCUT2D eigenvalue weighted by molar-refractivity contribution is -0.145. The molecule has 0 aromatic rings. The Bertz CT molecular complexity index is 243. The molecule has 0 bridgehead atoms. The van der Waals surface area contributed by atoms with E-state index in [-0.39, 0.29) is 12.1 Å². The number of carboxylic acid groups (broad SMARTS) is 1. The van der Waals surface area contributed by atoms with Crippen molar-refractivity contribution in [1.82, 2.24) is 5.32 Å². The van der Waals surface area contributed by atoms with Crippen LogP contribution in [0, 0.1) is 0 Å². The Morgan fingerprint density at radius 1 is 1.39 bits per heavy atom. The first kappa shape index (κ1) is 17.4. The van der Waals surface area contributed by atoms with Crippen molar-refractivity contribution in [2.75, 3.05) is 6.61 Å². The lowest BCUT2D eigenvalue weighted by Crippen LogP contribution is -2.52. The third-order valence-corrected chi connectivity index (χ3v) is 3.00. The Kier molecular flexibility index (Phi) is 8.20. The average Bonchev–Trinajstić information content (AvgIpc) is 2.23. The van der Waals surface area contributed by atoms with Gasteiger partial charge >= 0.3 is 5.97 Å². The van der Waals surface area contributed by atoms with Crippen LogP contribution in [0.5, 0.6) is 0 Å². The number of carboxylic acids is 1. The third-order valence-electron chi connectivity index (χ3n) is 3.00. The quantitative estimate of drug-likeness (QED) is 0.592. The molecule has 0 heterocycles. The van der Waals surface area contributed by atoms with Crippen molar-refractivity contribution in [3.8, 4) is 0 Å². The fraction of sp³-hybridized carbons (Fsp3) is 0.929. The fourth-order valence-electron chi connectivity index (χ4n) is 2.08. The Hall–Kier alpha value is -0.610. The SMILES string of the molecule is CCCC(C)OCCCC(C)(NC(C)C)C(=O)O. The van der Waals surface area contributed by atoms with Gasteiger partial charge in [0.25, 0.3) is 0 Å². The zero-order valence-corrected chi connectivity index (χ0v) is 12.5. The van der Waals surface area contributed by atoms with Crippen LogP contribution in [0.15, 0.2) is 0 Å². The van der Waals surface area contributed by atoms with Gasteiger partial charge in [0.15, 0.2) is 0 Å². The van der Waals surface area contributed by atoms with E-state index in [9.17, 15) is 9.90 Å². The summed E-state index contributed by atoms with van der Waals surface area (Å²) in [4.78, 5) is 11.3. The highest BCUT2D eigenvalue weighted by Gasteiger charge is 2.32. The van der Waals surface area contributed by atoms with Crippen molar-refractivity contribution >= 4 is 5.97 Å². The van der Waals surface area contributed by atoms with Crippen LogP contribution in [0.1, 0.15) is 60.3 Å². The number of hydrogen-bond donors (Lipinski definition) is 2. The minimum Gasteiger partial charge on any atom is -0.480 e. The van der Waals surface area contributed by atoms with E-state index in [2.05, 4.69) is 19.2 Å². The second kappa shape index (κ2) is 8.48. The Labute approximate surface area is 111 Å². The molecule has 0 aliphatic rings. The van der Waals surface area contributed by atoms with Gasteiger partial charge in [0.1, 0.15) is 5.54 Å². The highest BCUT2D eigenvalue weighted by molar-refractivity contribution is 5.78. The summed E-state index contributed by atoms with van der Waals surface area (Å²) in [5.41, 5.74) is -0.856. The van der Waals surface area contributed by atoms with Crippen LogP contribution >= 0.6 is 0 Å². The zero-order valence-electron chi connectivity index (χ0n) is 12.5. The highest BCUT2D eigenvalue weighted by atomic mass is 16.5. The van der Waals surface area contributed by atoms with Gasteiger partial charge in [-0.25, -0.2) is 0 Å². The molecule has 4 nitrogen and oxygen atoms in total. The summed E-state index contributed by atoms with van der Waals surface area (Å²) < 4.78 is 5.64. The molecule has 4 heteroatoms. The molecule has 2 N–H and O–H groups in total. The predicted octanol–water partition coefficient (Wildman–Crippen LogP) is 2.81. The van der Waals surface area contributed by atoms with E-state index in [0.29, 0.717) is 13.0 Å². The molecule has 0 aromatic carbocycles. The molecule has 0 fully saturated rings. The van der Waals surface area contributed by atoms with Crippen molar-refractivity contribution in [3.63, 3.8) is 0 Å². The van der Waals surface area contributed by atoms with Crippen molar-refractivity contribution in [2.45, 2.75) is 78.0 Å². The number of nitrogens with one attached hydrogen (secondary N) is 1. The topological polar surface area (TPSA) is 58.6 Å². The molecule has 0 radical (unpaired) electrons. The lowest BCUT2D eigenvalue weighted by atomic mass is 9.95. The molecule has 0 amide bonds. The highest BCUT2D eigenvalue weighted by Crippen LogP contribution is 2.14. The second-order valence-corrected chi connectivity index (χ2v) is 5.51. The summed E-state index contributed by atoms with van der Waals surface area (Å²) in [5, 5.41) is 12.4. The van der Waals surface area contributed by atoms with Crippen LogP contribution < -0.4 is 5.32 Å². The van der Waals surface area contributed by atoms with Crippen LogP contribution in [0.25, 0.3) is 0 Å². The molecule has 0 rings (SSSR count). The first-order valence-electron chi connectivity index (χ1n) is 6.94. The molecular formula is C14H29NO3. The minimum absolute atomic E-state index is 0.158. The number of hydrogen-bond acceptors (Lipinski definition) is 3. The van der Waals surface area contributed by atoms with E-state index in [1.165, 1.54) is 0 Å². The van der Waals surface area contributed by atoms with Crippen molar-refractivity contribution in [1.29, 1.82) is 0 Å². The zero-order chi connectivity index (χ0) is 14.2. The first-order valence-corrected chi connectivity index (χ1v) is 6.94. The van der Waals surface area contributed by atoms with Gasteiger partial charge in [-0.05, 0) is 47.0 Å². The molecule has 0 saturated carbocycles. The molecule has 2 unspecified atom stereocenters. The molecule has 2 atom stereocenters. The average molecular weight is 259 g/mol.